The Labute approximate surface area is 357 Å². The molecule has 1 heteroatoms. The van der Waals surface area contributed by atoms with Crippen LogP contribution in [-0.2, 0) is 0 Å². The standard InChI is InChI=1S/C60H41N/c1-3-14-45(15-4-1)56-38-31-50(40-59(56)46-16-5-2-6-17-46)44-27-34-53(35-28-44)61(52-32-25-43(26-33-52)49-24-23-42-13-7-8-18-48(42)39-49)54-36-29-47(30-37-54)60-41-51-19-9-10-20-55(51)57-21-11-12-22-58(57)60/h1-41H. The highest BCUT2D eigenvalue weighted by molar-refractivity contribution is 6.13. The quantitative estimate of drug-likeness (QED) is 0.139. The second-order valence-corrected chi connectivity index (χ2v) is 15.7. The van der Waals surface area contributed by atoms with Gasteiger partial charge in [-0.15, -0.1) is 0 Å². The van der Waals surface area contributed by atoms with Gasteiger partial charge in [-0.3, -0.25) is 0 Å². The van der Waals surface area contributed by atoms with Crippen LogP contribution in [0, 0.1) is 0 Å². The number of nitrogens with zero attached hydrogens (tertiary/aromatic N) is 1. The van der Waals surface area contributed by atoms with Gasteiger partial charge in [-0.2, -0.15) is 0 Å². The zero-order valence-corrected chi connectivity index (χ0v) is 33.6. The van der Waals surface area contributed by atoms with Crippen LogP contribution in [0.3, 0.4) is 0 Å². The van der Waals surface area contributed by atoms with E-state index in [-0.39, 0.29) is 0 Å². The number of hydrogen-bond acceptors (Lipinski definition) is 1. The highest BCUT2D eigenvalue weighted by Gasteiger charge is 2.16. The van der Waals surface area contributed by atoms with E-state index in [1.807, 2.05) is 0 Å². The molecule has 61 heavy (non-hydrogen) atoms. The number of benzene rings is 11. The molecule has 286 valence electrons. The van der Waals surface area contributed by atoms with Crippen molar-refractivity contribution < 1.29 is 0 Å². The van der Waals surface area contributed by atoms with Gasteiger partial charge in [0.1, 0.15) is 0 Å². The number of fused-ring (bicyclic) bond motifs is 4. The first-order valence-corrected chi connectivity index (χ1v) is 21.0. The molecule has 0 fully saturated rings. The minimum absolute atomic E-state index is 1.09. The first-order valence-electron chi connectivity index (χ1n) is 21.0. The summed E-state index contributed by atoms with van der Waals surface area (Å²) in [7, 11) is 0. The topological polar surface area (TPSA) is 3.24 Å². The van der Waals surface area contributed by atoms with E-state index in [0.29, 0.717) is 0 Å². The van der Waals surface area contributed by atoms with Gasteiger partial charge in [0.05, 0.1) is 0 Å². The lowest BCUT2D eigenvalue weighted by atomic mass is 9.91. The SMILES string of the molecule is c1ccc(-c2ccc(-c3ccc(N(c4ccc(-c5ccc6ccccc6c5)cc4)c4ccc(-c5cc6ccccc6c6ccccc56)cc4)cc3)cc2-c2ccccc2)cc1. The van der Waals surface area contributed by atoms with Gasteiger partial charge in [0.25, 0.3) is 0 Å². The summed E-state index contributed by atoms with van der Waals surface area (Å²) in [5, 5.41) is 7.57. The summed E-state index contributed by atoms with van der Waals surface area (Å²) in [6, 6.07) is 90.4. The average Bonchev–Trinajstić information content (AvgIpc) is 3.35. The van der Waals surface area contributed by atoms with Crippen LogP contribution in [-0.4, -0.2) is 0 Å². The Morgan fingerprint density at radius 1 is 0.197 bits per heavy atom. The summed E-state index contributed by atoms with van der Waals surface area (Å²) in [4.78, 5) is 2.37. The number of hydrogen-bond donors (Lipinski definition) is 0. The molecule has 0 aliphatic heterocycles. The first kappa shape index (κ1) is 36.1. The lowest BCUT2D eigenvalue weighted by molar-refractivity contribution is 1.28. The van der Waals surface area contributed by atoms with E-state index in [9.17, 15) is 0 Å². The van der Waals surface area contributed by atoms with Crippen LogP contribution in [0.5, 0.6) is 0 Å². The summed E-state index contributed by atoms with van der Waals surface area (Å²) in [5.74, 6) is 0. The molecule has 11 aromatic rings. The van der Waals surface area contributed by atoms with Crippen molar-refractivity contribution in [3.8, 4) is 55.6 Å². The zero-order chi connectivity index (χ0) is 40.5. The molecular formula is C60H41N. The first-order chi connectivity index (χ1) is 30.2. The third kappa shape index (κ3) is 6.93. The van der Waals surface area contributed by atoms with E-state index in [1.54, 1.807) is 0 Å². The minimum atomic E-state index is 1.09. The maximum absolute atomic E-state index is 2.37. The van der Waals surface area contributed by atoms with Gasteiger partial charge in [0.2, 0.25) is 0 Å². The largest absolute Gasteiger partial charge is 0.311 e. The fraction of sp³-hybridized carbons (Fsp3) is 0. The highest BCUT2D eigenvalue weighted by Crippen LogP contribution is 2.41. The van der Waals surface area contributed by atoms with Crippen molar-refractivity contribution in [3.63, 3.8) is 0 Å². The molecule has 11 rings (SSSR count). The van der Waals surface area contributed by atoms with Crippen LogP contribution in [0.25, 0.3) is 88.0 Å². The van der Waals surface area contributed by atoms with Crippen LogP contribution in [0.15, 0.2) is 249 Å². The Hall–Kier alpha value is -8.00. The van der Waals surface area contributed by atoms with Crippen LogP contribution in [0.1, 0.15) is 0 Å². The van der Waals surface area contributed by atoms with Crippen molar-refractivity contribution >= 4 is 49.4 Å². The van der Waals surface area contributed by atoms with Crippen LogP contribution in [0.4, 0.5) is 17.1 Å². The molecule has 0 aliphatic carbocycles. The van der Waals surface area contributed by atoms with Gasteiger partial charge < -0.3 is 4.90 Å². The Kier molecular flexibility index (Phi) is 9.26. The van der Waals surface area contributed by atoms with Crippen LogP contribution >= 0.6 is 0 Å². The monoisotopic (exact) mass is 775 g/mol. The Balaban J connectivity index is 0.987. The van der Waals surface area contributed by atoms with Gasteiger partial charge in [-0.1, -0.05) is 194 Å². The summed E-state index contributed by atoms with van der Waals surface area (Å²) in [6.07, 6.45) is 0. The summed E-state index contributed by atoms with van der Waals surface area (Å²) in [5.41, 5.74) is 15.3. The lowest BCUT2D eigenvalue weighted by Crippen LogP contribution is -2.09. The molecule has 1 nitrogen and oxygen atoms in total. The van der Waals surface area contributed by atoms with E-state index < -0.39 is 0 Å². The fourth-order valence-electron chi connectivity index (χ4n) is 8.95. The third-order valence-corrected chi connectivity index (χ3v) is 12.1. The maximum Gasteiger partial charge on any atom is 0.0462 e. The van der Waals surface area contributed by atoms with Crippen molar-refractivity contribution in [2.24, 2.45) is 0 Å². The summed E-state index contributed by atoms with van der Waals surface area (Å²) >= 11 is 0. The summed E-state index contributed by atoms with van der Waals surface area (Å²) in [6.45, 7) is 0. The van der Waals surface area contributed by atoms with Crippen molar-refractivity contribution in [1.29, 1.82) is 0 Å². The number of anilines is 3. The van der Waals surface area contributed by atoms with E-state index in [1.165, 1.54) is 88.0 Å². The predicted molar refractivity (Wildman–Crippen MR) is 261 cm³/mol. The molecule has 0 bridgehead atoms. The van der Waals surface area contributed by atoms with Gasteiger partial charge >= 0.3 is 0 Å². The normalized spacial score (nSPS) is 11.3. The van der Waals surface area contributed by atoms with Crippen molar-refractivity contribution in [2.75, 3.05) is 4.90 Å². The van der Waals surface area contributed by atoms with E-state index in [4.69, 9.17) is 0 Å². The second kappa shape index (κ2) is 15.6. The van der Waals surface area contributed by atoms with Crippen LogP contribution in [0.2, 0.25) is 0 Å². The molecule has 11 aromatic carbocycles. The molecule has 0 heterocycles. The number of rotatable bonds is 8. The summed E-state index contributed by atoms with van der Waals surface area (Å²) < 4.78 is 0. The van der Waals surface area contributed by atoms with E-state index >= 15 is 0 Å². The van der Waals surface area contributed by atoms with Gasteiger partial charge in [-0.05, 0) is 143 Å². The van der Waals surface area contributed by atoms with E-state index in [2.05, 4.69) is 254 Å². The molecule has 0 spiro atoms. The molecule has 0 aromatic heterocycles. The van der Waals surface area contributed by atoms with Gasteiger partial charge in [0, 0.05) is 17.1 Å². The molecule has 0 atom stereocenters. The average molecular weight is 776 g/mol. The third-order valence-electron chi connectivity index (χ3n) is 12.1. The van der Waals surface area contributed by atoms with Crippen LogP contribution < -0.4 is 4.90 Å². The molecule has 0 saturated heterocycles. The molecule has 0 aliphatic rings. The van der Waals surface area contributed by atoms with Crippen molar-refractivity contribution in [2.45, 2.75) is 0 Å². The predicted octanol–water partition coefficient (Wildman–Crippen LogP) is 17.0. The minimum Gasteiger partial charge on any atom is -0.311 e. The Morgan fingerprint density at radius 2 is 0.623 bits per heavy atom. The smallest absolute Gasteiger partial charge is 0.0462 e. The molecular weight excluding hydrogens is 735 g/mol. The van der Waals surface area contributed by atoms with Gasteiger partial charge in [-0.25, -0.2) is 0 Å². The van der Waals surface area contributed by atoms with Gasteiger partial charge in [0.15, 0.2) is 0 Å². The Morgan fingerprint density at radius 3 is 1.25 bits per heavy atom. The van der Waals surface area contributed by atoms with Crippen molar-refractivity contribution in [1.82, 2.24) is 0 Å². The Bertz CT molecular complexity index is 3310. The molecule has 0 radical (unpaired) electrons. The molecule has 0 unspecified atom stereocenters. The van der Waals surface area contributed by atoms with Crippen molar-refractivity contribution in [3.05, 3.63) is 249 Å². The van der Waals surface area contributed by atoms with E-state index in [0.717, 1.165) is 17.1 Å². The highest BCUT2D eigenvalue weighted by atomic mass is 15.1. The fourth-order valence-corrected chi connectivity index (χ4v) is 8.95. The molecule has 0 saturated carbocycles. The second-order valence-electron chi connectivity index (χ2n) is 15.7. The maximum atomic E-state index is 2.37. The molecule has 0 amide bonds. The lowest BCUT2D eigenvalue weighted by Gasteiger charge is -2.26. The zero-order valence-electron chi connectivity index (χ0n) is 33.6. The molecule has 0 N–H and O–H groups in total.